The van der Waals surface area contributed by atoms with Crippen LogP contribution >= 0.6 is 0 Å². The zero-order valence-electron chi connectivity index (χ0n) is 12.4. The molecule has 4 heteroatoms. The van der Waals surface area contributed by atoms with Crippen molar-refractivity contribution in [3.05, 3.63) is 29.6 Å². The molecule has 3 N–H and O–H groups in total. The molecule has 19 heavy (non-hydrogen) atoms. The summed E-state index contributed by atoms with van der Waals surface area (Å²) in [6.45, 7) is 9.81. The largest absolute Gasteiger partial charge is 0.350 e. The number of carbonyl (C=O) groups is 1. The standard InChI is InChI=1S/C15H25N3O/c1-11(2)7-15(3,4)10-18-14(19)13-6-5-12(8-16)9-17-13/h5-6,9,11H,7-8,10,16H2,1-4H3,(H,18,19). The number of aromatic nitrogens is 1. The predicted molar refractivity (Wildman–Crippen MR) is 77.7 cm³/mol. The number of carbonyl (C=O) groups excluding carboxylic acids is 1. The molecule has 4 nitrogen and oxygen atoms in total. The van der Waals surface area contributed by atoms with E-state index in [2.05, 4.69) is 38.0 Å². The molecule has 0 aliphatic carbocycles. The van der Waals surface area contributed by atoms with Gasteiger partial charge < -0.3 is 11.1 Å². The lowest BCUT2D eigenvalue weighted by Gasteiger charge is -2.26. The van der Waals surface area contributed by atoms with Crippen molar-refractivity contribution in [3.8, 4) is 0 Å². The van der Waals surface area contributed by atoms with E-state index in [1.54, 1.807) is 12.3 Å². The number of nitrogens with zero attached hydrogens (tertiary/aromatic N) is 1. The maximum atomic E-state index is 12.0. The third-order valence-electron chi connectivity index (χ3n) is 2.98. The van der Waals surface area contributed by atoms with Crippen LogP contribution in [0.2, 0.25) is 0 Å². The highest BCUT2D eigenvalue weighted by atomic mass is 16.1. The Labute approximate surface area is 115 Å². The Kier molecular flexibility index (Phi) is 5.48. The first-order chi connectivity index (χ1) is 8.84. The molecule has 1 aromatic rings. The van der Waals surface area contributed by atoms with Crippen LogP contribution in [-0.2, 0) is 6.54 Å². The van der Waals surface area contributed by atoms with Gasteiger partial charge in [0.05, 0.1) is 0 Å². The molecule has 0 saturated carbocycles. The number of nitrogens with one attached hydrogen (secondary N) is 1. The normalized spacial score (nSPS) is 11.7. The van der Waals surface area contributed by atoms with Crippen molar-refractivity contribution in [3.63, 3.8) is 0 Å². The van der Waals surface area contributed by atoms with Crippen molar-refractivity contribution in [2.24, 2.45) is 17.1 Å². The van der Waals surface area contributed by atoms with E-state index in [1.165, 1.54) is 0 Å². The highest BCUT2D eigenvalue weighted by Crippen LogP contribution is 2.24. The Bertz CT molecular complexity index is 410. The van der Waals surface area contributed by atoms with E-state index in [-0.39, 0.29) is 11.3 Å². The van der Waals surface area contributed by atoms with Crippen molar-refractivity contribution >= 4 is 5.91 Å². The summed E-state index contributed by atoms with van der Waals surface area (Å²) in [5.41, 5.74) is 6.97. The van der Waals surface area contributed by atoms with Crippen LogP contribution in [0.3, 0.4) is 0 Å². The number of hydrogen-bond donors (Lipinski definition) is 2. The second-order valence-electron chi connectivity index (χ2n) is 6.20. The van der Waals surface area contributed by atoms with Gasteiger partial charge in [0.2, 0.25) is 0 Å². The fraction of sp³-hybridized carbons (Fsp3) is 0.600. The number of pyridine rings is 1. The summed E-state index contributed by atoms with van der Waals surface area (Å²) in [6, 6.07) is 3.55. The van der Waals surface area contributed by atoms with Gasteiger partial charge in [-0.3, -0.25) is 9.78 Å². The molecule has 0 aliphatic heterocycles. The lowest BCUT2D eigenvalue weighted by Crippen LogP contribution is -2.35. The molecule has 106 valence electrons. The van der Waals surface area contributed by atoms with Gasteiger partial charge in [-0.15, -0.1) is 0 Å². The number of hydrogen-bond acceptors (Lipinski definition) is 3. The molecule has 0 spiro atoms. The van der Waals surface area contributed by atoms with Crippen molar-refractivity contribution in [2.75, 3.05) is 6.54 Å². The van der Waals surface area contributed by atoms with Gasteiger partial charge in [-0.2, -0.15) is 0 Å². The second kappa shape index (κ2) is 6.66. The Hall–Kier alpha value is -1.42. The minimum absolute atomic E-state index is 0.0982. The molecule has 0 fully saturated rings. The third kappa shape index (κ3) is 5.39. The third-order valence-corrected chi connectivity index (χ3v) is 2.98. The van der Waals surface area contributed by atoms with E-state index in [0.717, 1.165) is 12.0 Å². The number of rotatable bonds is 6. The van der Waals surface area contributed by atoms with Gasteiger partial charge in [0, 0.05) is 19.3 Å². The average Bonchev–Trinajstić information content (AvgIpc) is 2.34. The Morgan fingerprint density at radius 2 is 2.11 bits per heavy atom. The van der Waals surface area contributed by atoms with Gasteiger partial charge in [0.25, 0.3) is 5.91 Å². The van der Waals surface area contributed by atoms with Crippen LogP contribution in [0.1, 0.15) is 50.2 Å². The van der Waals surface area contributed by atoms with Crippen molar-refractivity contribution < 1.29 is 4.79 Å². The topological polar surface area (TPSA) is 68.0 Å². The van der Waals surface area contributed by atoms with Crippen LogP contribution in [0.4, 0.5) is 0 Å². The fourth-order valence-electron chi connectivity index (χ4n) is 2.27. The van der Waals surface area contributed by atoms with Gasteiger partial charge in [-0.25, -0.2) is 0 Å². The molecule has 1 rings (SSSR count). The molecule has 0 unspecified atom stereocenters. The SMILES string of the molecule is CC(C)CC(C)(C)CNC(=O)c1ccc(CN)cn1. The molecular weight excluding hydrogens is 238 g/mol. The summed E-state index contributed by atoms with van der Waals surface area (Å²) in [4.78, 5) is 16.1. The molecule has 0 aliphatic rings. The van der Waals surface area contributed by atoms with E-state index in [0.29, 0.717) is 24.7 Å². The lowest BCUT2D eigenvalue weighted by atomic mass is 9.84. The summed E-state index contributed by atoms with van der Waals surface area (Å²) in [6.07, 6.45) is 2.72. The highest BCUT2D eigenvalue weighted by molar-refractivity contribution is 5.92. The van der Waals surface area contributed by atoms with E-state index < -0.39 is 0 Å². The summed E-state index contributed by atoms with van der Waals surface area (Å²) < 4.78 is 0. The zero-order valence-corrected chi connectivity index (χ0v) is 12.4. The van der Waals surface area contributed by atoms with Gasteiger partial charge in [0.15, 0.2) is 0 Å². The smallest absolute Gasteiger partial charge is 0.269 e. The van der Waals surface area contributed by atoms with Crippen LogP contribution in [0.25, 0.3) is 0 Å². The van der Waals surface area contributed by atoms with Crippen LogP contribution < -0.4 is 11.1 Å². The van der Waals surface area contributed by atoms with Gasteiger partial charge >= 0.3 is 0 Å². The maximum Gasteiger partial charge on any atom is 0.269 e. The first kappa shape index (κ1) is 15.6. The van der Waals surface area contributed by atoms with Crippen LogP contribution in [0.5, 0.6) is 0 Å². The van der Waals surface area contributed by atoms with Crippen LogP contribution in [0.15, 0.2) is 18.3 Å². The van der Waals surface area contributed by atoms with Crippen molar-refractivity contribution in [2.45, 2.75) is 40.7 Å². The molecule has 1 aromatic heterocycles. The Morgan fingerprint density at radius 1 is 1.42 bits per heavy atom. The number of nitrogens with two attached hydrogens (primary N) is 1. The molecule has 0 atom stereocenters. The van der Waals surface area contributed by atoms with Crippen LogP contribution in [0, 0.1) is 11.3 Å². The predicted octanol–water partition coefficient (Wildman–Crippen LogP) is 2.34. The molecular formula is C15H25N3O. The minimum atomic E-state index is -0.125. The fourth-order valence-corrected chi connectivity index (χ4v) is 2.27. The summed E-state index contributed by atoms with van der Waals surface area (Å²) in [7, 11) is 0. The first-order valence-electron chi connectivity index (χ1n) is 6.77. The summed E-state index contributed by atoms with van der Waals surface area (Å²) in [5, 5.41) is 2.95. The quantitative estimate of drug-likeness (QED) is 0.827. The maximum absolute atomic E-state index is 12.0. The van der Waals surface area contributed by atoms with Crippen LogP contribution in [-0.4, -0.2) is 17.4 Å². The highest BCUT2D eigenvalue weighted by Gasteiger charge is 2.20. The number of amides is 1. The molecule has 1 amide bonds. The van der Waals surface area contributed by atoms with Gasteiger partial charge in [0.1, 0.15) is 5.69 Å². The summed E-state index contributed by atoms with van der Waals surface area (Å²) >= 11 is 0. The molecule has 1 heterocycles. The van der Waals surface area contributed by atoms with Gasteiger partial charge in [-0.05, 0) is 29.4 Å². The molecule has 0 saturated heterocycles. The lowest BCUT2D eigenvalue weighted by molar-refractivity contribution is 0.0926. The van der Waals surface area contributed by atoms with Crippen molar-refractivity contribution in [1.82, 2.24) is 10.3 Å². The second-order valence-corrected chi connectivity index (χ2v) is 6.20. The van der Waals surface area contributed by atoms with E-state index in [4.69, 9.17) is 5.73 Å². The molecule has 0 aromatic carbocycles. The van der Waals surface area contributed by atoms with E-state index in [1.807, 2.05) is 6.07 Å². The van der Waals surface area contributed by atoms with E-state index >= 15 is 0 Å². The minimum Gasteiger partial charge on any atom is -0.350 e. The molecule has 0 bridgehead atoms. The zero-order chi connectivity index (χ0) is 14.5. The Balaban J connectivity index is 2.55. The summed E-state index contributed by atoms with van der Waals surface area (Å²) in [5.74, 6) is 0.495. The van der Waals surface area contributed by atoms with E-state index in [9.17, 15) is 4.79 Å². The average molecular weight is 263 g/mol. The van der Waals surface area contributed by atoms with Gasteiger partial charge in [-0.1, -0.05) is 33.8 Å². The Morgan fingerprint density at radius 3 is 2.58 bits per heavy atom. The molecule has 0 radical (unpaired) electrons. The monoisotopic (exact) mass is 263 g/mol. The van der Waals surface area contributed by atoms with Crippen molar-refractivity contribution in [1.29, 1.82) is 0 Å². The first-order valence-corrected chi connectivity index (χ1v) is 6.77.